The van der Waals surface area contributed by atoms with E-state index in [0.717, 1.165) is 18.2 Å². The van der Waals surface area contributed by atoms with Gasteiger partial charge in [-0.25, -0.2) is 8.42 Å². The van der Waals surface area contributed by atoms with E-state index in [1.165, 1.54) is 26.4 Å². The second-order valence-electron chi connectivity index (χ2n) is 5.47. The van der Waals surface area contributed by atoms with Gasteiger partial charge in [0.05, 0.1) is 30.4 Å². The number of carboxylic acids is 1. The van der Waals surface area contributed by atoms with Crippen molar-refractivity contribution in [3.63, 3.8) is 0 Å². The van der Waals surface area contributed by atoms with Gasteiger partial charge in [0.1, 0.15) is 6.54 Å². The van der Waals surface area contributed by atoms with E-state index in [4.69, 9.17) is 14.6 Å². The third kappa shape index (κ3) is 4.47. The van der Waals surface area contributed by atoms with E-state index in [9.17, 15) is 26.4 Å². The highest BCUT2D eigenvalue weighted by molar-refractivity contribution is 7.92. The largest absolute Gasteiger partial charge is 0.493 e. The van der Waals surface area contributed by atoms with Crippen LogP contribution in [-0.2, 0) is 21.0 Å². The summed E-state index contributed by atoms with van der Waals surface area (Å²) in [5.74, 6) is -1.14. The minimum atomic E-state index is -4.61. The average molecular weight is 419 g/mol. The predicted octanol–water partition coefficient (Wildman–Crippen LogP) is 3.00. The number of methoxy groups -OCH3 is 2. The first-order chi connectivity index (χ1) is 13.0. The van der Waals surface area contributed by atoms with E-state index in [0.29, 0.717) is 16.4 Å². The molecule has 1 N–H and O–H groups in total. The molecular weight excluding hydrogens is 403 g/mol. The van der Waals surface area contributed by atoms with Crippen LogP contribution in [0.1, 0.15) is 5.56 Å². The molecule has 0 aromatic heterocycles. The summed E-state index contributed by atoms with van der Waals surface area (Å²) in [4.78, 5) is 10.9. The fraction of sp³-hybridized carbons (Fsp3) is 0.235. The normalized spacial score (nSPS) is 11.8. The van der Waals surface area contributed by atoms with Crippen LogP contribution < -0.4 is 13.8 Å². The lowest BCUT2D eigenvalue weighted by atomic mass is 10.2. The van der Waals surface area contributed by atoms with Crippen LogP contribution in [0.3, 0.4) is 0 Å². The van der Waals surface area contributed by atoms with E-state index in [2.05, 4.69) is 0 Å². The molecule has 2 aromatic rings. The predicted molar refractivity (Wildman–Crippen MR) is 93.2 cm³/mol. The zero-order valence-corrected chi connectivity index (χ0v) is 15.5. The van der Waals surface area contributed by atoms with Crippen molar-refractivity contribution in [3.8, 4) is 11.5 Å². The summed E-state index contributed by atoms with van der Waals surface area (Å²) < 4.78 is 74.7. The van der Waals surface area contributed by atoms with Crippen LogP contribution in [0.25, 0.3) is 0 Å². The first kappa shape index (κ1) is 21.4. The molecule has 0 aliphatic carbocycles. The third-order valence-electron chi connectivity index (χ3n) is 3.70. The van der Waals surface area contributed by atoms with Crippen LogP contribution in [0, 0.1) is 0 Å². The van der Waals surface area contributed by atoms with E-state index in [1.807, 2.05) is 0 Å². The Morgan fingerprint density at radius 3 is 2.07 bits per heavy atom. The van der Waals surface area contributed by atoms with Gasteiger partial charge in [0.25, 0.3) is 10.0 Å². The Balaban J connectivity index is 2.54. The van der Waals surface area contributed by atoms with Crippen molar-refractivity contribution in [1.29, 1.82) is 0 Å². The quantitative estimate of drug-likeness (QED) is 0.742. The summed E-state index contributed by atoms with van der Waals surface area (Å²) in [6.07, 6.45) is -4.61. The van der Waals surface area contributed by atoms with Crippen molar-refractivity contribution < 1.29 is 41.0 Å². The van der Waals surface area contributed by atoms with Crippen LogP contribution in [0.2, 0.25) is 0 Å². The zero-order valence-electron chi connectivity index (χ0n) is 14.7. The second kappa shape index (κ2) is 7.97. The number of carboxylic acid groups (broad SMARTS) is 1. The molecule has 0 bridgehead atoms. The highest BCUT2D eigenvalue weighted by Gasteiger charge is 2.32. The van der Waals surface area contributed by atoms with Gasteiger partial charge in [-0.05, 0) is 36.4 Å². The number of carbonyl (C=O) groups is 1. The molecule has 28 heavy (non-hydrogen) atoms. The number of hydrogen-bond acceptors (Lipinski definition) is 5. The number of ether oxygens (including phenoxy) is 2. The van der Waals surface area contributed by atoms with Crippen LogP contribution in [0.15, 0.2) is 47.4 Å². The topological polar surface area (TPSA) is 93.1 Å². The van der Waals surface area contributed by atoms with Crippen LogP contribution in [-0.4, -0.2) is 40.3 Å². The molecule has 0 saturated carbocycles. The Labute approximate surface area is 159 Å². The number of halogens is 3. The van der Waals surface area contributed by atoms with Crippen molar-refractivity contribution in [2.75, 3.05) is 25.1 Å². The van der Waals surface area contributed by atoms with Gasteiger partial charge >= 0.3 is 12.1 Å². The molecule has 7 nitrogen and oxygen atoms in total. The Hall–Kier alpha value is -2.95. The van der Waals surface area contributed by atoms with Gasteiger partial charge in [0, 0.05) is 6.07 Å². The molecule has 0 fully saturated rings. The first-order valence-electron chi connectivity index (χ1n) is 7.64. The molecule has 0 amide bonds. The third-order valence-corrected chi connectivity index (χ3v) is 5.47. The minimum Gasteiger partial charge on any atom is -0.493 e. The number of alkyl halides is 3. The Kier molecular flexibility index (Phi) is 6.07. The van der Waals surface area contributed by atoms with Crippen molar-refractivity contribution in [3.05, 3.63) is 48.0 Å². The lowest BCUT2D eigenvalue weighted by Crippen LogP contribution is -2.35. The first-order valence-corrected chi connectivity index (χ1v) is 9.08. The van der Waals surface area contributed by atoms with Crippen molar-refractivity contribution in [1.82, 2.24) is 0 Å². The number of rotatable bonds is 7. The second-order valence-corrected chi connectivity index (χ2v) is 7.33. The van der Waals surface area contributed by atoms with Gasteiger partial charge in [-0.2, -0.15) is 13.2 Å². The SMILES string of the molecule is COc1ccc(S(=O)(=O)N(CC(=O)O)c2ccc(C(F)(F)F)cc2)cc1OC. The number of sulfonamides is 1. The van der Waals surface area contributed by atoms with Gasteiger partial charge in [0.15, 0.2) is 11.5 Å². The molecule has 2 aromatic carbocycles. The molecule has 0 atom stereocenters. The Morgan fingerprint density at radius 1 is 1.04 bits per heavy atom. The molecule has 0 radical (unpaired) electrons. The molecule has 0 saturated heterocycles. The molecule has 0 heterocycles. The van der Waals surface area contributed by atoms with E-state index in [-0.39, 0.29) is 22.1 Å². The van der Waals surface area contributed by atoms with E-state index < -0.39 is 34.3 Å². The maximum atomic E-state index is 13.0. The number of anilines is 1. The fourth-order valence-corrected chi connectivity index (χ4v) is 3.79. The average Bonchev–Trinajstić information content (AvgIpc) is 2.64. The van der Waals surface area contributed by atoms with Crippen molar-refractivity contribution >= 4 is 21.7 Å². The Morgan fingerprint density at radius 2 is 1.61 bits per heavy atom. The molecule has 152 valence electrons. The summed E-state index contributed by atoms with van der Waals surface area (Å²) in [6.45, 7) is -0.984. The zero-order chi connectivity index (χ0) is 21.1. The number of nitrogens with zero attached hydrogens (tertiary/aromatic N) is 1. The summed E-state index contributed by atoms with van der Waals surface area (Å²) in [5.41, 5.74) is -1.22. The number of aliphatic carboxylic acids is 1. The smallest absolute Gasteiger partial charge is 0.416 e. The molecule has 0 aliphatic rings. The Bertz CT molecular complexity index is 958. The summed E-state index contributed by atoms with van der Waals surface area (Å²) >= 11 is 0. The molecule has 0 unspecified atom stereocenters. The van der Waals surface area contributed by atoms with Crippen LogP contribution >= 0.6 is 0 Å². The number of benzene rings is 2. The van der Waals surface area contributed by atoms with E-state index >= 15 is 0 Å². The number of hydrogen-bond donors (Lipinski definition) is 1. The highest BCUT2D eigenvalue weighted by atomic mass is 32.2. The minimum absolute atomic E-state index is 0.0891. The summed E-state index contributed by atoms with van der Waals surface area (Å²) in [5, 5.41) is 9.09. The van der Waals surface area contributed by atoms with E-state index in [1.54, 1.807) is 0 Å². The van der Waals surface area contributed by atoms with Gasteiger partial charge < -0.3 is 14.6 Å². The highest BCUT2D eigenvalue weighted by Crippen LogP contribution is 2.34. The summed E-state index contributed by atoms with van der Waals surface area (Å²) in [7, 11) is -1.78. The molecule has 2 rings (SSSR count). The van der Waals surface area contributed by atoms with Crippen molar-refractivity contribution in [2.24, 2.45) is 0 Å². The maximum absolute atomic E-state index is 13.0. The monoisotopic (exact) mass is 419 g/mol. The van der Waals surface area contributed by atoms with Gasteiger partial charge in [0.2, 0.25) is 0 Å². The van der Waals surface area contributed by atoms with Crippen LogP contribution in [0.4, 0.5) is 18.9 Å². The molecule has 0 aliphatic heterocycles. The van der Waals surface area contributed by atoms with Gasteiger partial charge in [-0.15, -0.1) is 0 Å². The fourth-order valence-electron chi connectivity index (χ4n) is 2.36. The lowest BCUT2D eigenvalue weighted by molar-refractivity contribution is -0.138. The summed E-state index contributed by atoms with van der Waals surface area (Å²) in [6, 6.07) is 6.76. The van der Waals surface area contributed by atoms with Gasteiger partial charge in [-0.3, -0.25) is 9.10 Å². The molecule has 0 spiro atoms. The lowest BCUT2D eigenvalue weighted by Gasteiger charge is -2.23. The molecular formula is C17H16F3NO6S. The standard InChI is InChI=1S/C17H16F3NO6S/c1-26-14-8-7-13(9-15(14)27-2)28(24,25)21(10-16(22)23)12-5-3-11(4-6-12)17(18,19)20/h3-9H,10H2,1-2H3,(H,22,23). The van der Waals surface area contributed by atoms with Crippen molar-refractivity contribution in [2.45, 2.75) is 11.1 Å². The van der Waals surface area contributed by atoms with Gasteiger partial charge in [-0.1, -0.05) is 0 Å². The molecule has 11 heteroatoms. The van der Waals surface area contributed by atoms with Crippen LogP contribution in [0.5, 0.6) is 11.5 Å². The maximum Gasteiger partial charge on any atom is 0.416 e.